The molecule has 0 radical (unpaired) electrons. The summed E-state index contributed by atoms with van der Waals surface area (Å²) in [5.41, 5.74) is 1.27. The minimum absolute atomic E-state index is 0.0310. The molecule has 0 saturated heterocycles. The second-order valence-corrected chi connectivity index (χ2v) is 6.84. The molecular formula is C20H24N2O3. The lowest BCUT2D eigenvalue weighted by Gasteiger charge is -2.33. The summed E-state index contributed by atoms with van der Waals surface area (Å²) in [5.74, 6) is 0.740. The fraction of sp³-hybridized carbons (Fsp3) is 0.400. The lowest BCUT2D eigenvalue weighted by atomic mass is 9.86. The molecule has 1 aliphatic carbocycles. The normalized spacial score (nSPS) is 20.1. The minimum atomic E-state index is -0.308. The third-order valence-corrected chi connectivity index (χ3v) is 4.99. The number of nitrogens with zero attached hydrogens (tertiary/aromatic N) is 1. The molecule has 1 aliphatic rings. The van der Waals surface area contributed by atoms with Gasteiger partial charge in [0.2, 0.25) is 0 Å². The largest absolute Gasteiger partial charge is 0.459 e. The summed E-state index contributed by atoms with van der Waals surface area (Å²) in [6.07, 6.45) is 5.96. The second kappa shape index (κ2) is 7.55. The monoisotopic (exact) mass is 340 g/mol. The number of nitrogens with one attached hydrogen (secondary N) is 1. The van der Waals surface area contributed by atoms with Crippen LogP contribution in [0.4, 0.5) is 5.69 Å². The fourth-order valence-electron chi connectivity index (χ4n) is 3.30. The van der Waals surface area contributed by atoms with E-state index in [4.69, 9.17) is 4.42 Å². The average Bonchev–Trinajstić information content (AvgIpc) is 3.17. The van der Waals surface area contributed by atoms with Crippen molar-refractivity contribution in [3.05, 3.63) is 54.0 Å². The Bertz CT molecular complexity index is 714. The first-order valence-electron chi connectivity index (χ1n) is 8.76. The number of carbonyl (C=O) groups excluding carboxylic acids is 2. The number of benzene rings is 1. The van der Waals surface area contributed by atoms with Crippen LogP contribution < -0.4 is 5.32 Å². The summed E-state index contributed by atoms with van der Waals surface area (Å²) in [6, 6.07) is 10.6. The first-order chi connectivity index (χ1) is 12.0. The van der Waals surface area contributed by atoms with Crippen molar-refractivity contribution in [3.63, 3.8) is 0 Å². The summed E-state index contributed by atoms with van der Waals surface area (Å²) in [4.78, 5) is 26.5. The van der Waals surface area contributed by atoms with Gasteiger partial charge in [-0.15, -0.1) is 0 Å². The van der Waals surface area contributed by atoms with Crippen molar-refractivity contribution in [2.75, 3.05) is 12.4 Å². The van der Waals surface area contributed by atoms with E-state index in [0.717, 1.165) is 18.8 Å². The fourth-order valence-corrected chi connectivity index (χ4v) is 3.30. The molecule has 0 bridgehead atoms. The molecule has 3 rings (SSSR count). The number of hydrogen-bond acceptors (Lipinski definition) is 3. The number of hydrogen-bond donors (Lipinski definition) is 1. The van der Waals surface area contributed by atoms with Crippen LogP contribution in [0.25, 0.3) is 0 Å². The Hall–Kier alpha value is -2.56. The molecule has 1 N–H and O–H groups in total. The van der Waals surface area contributed by atoms with E-state index in [9.17, 15) is 9.59 Å². The number of furan rings is 1. The highest BCUT2D eigenvalue weighted by Gasteiger charge is 2.25. The third kappa shape index (κ3) is 4.10. The Morgan fingerprint density at radius 1 is 1.08 bits per heavy atom. The molecular weight excluding hydrogens is 316 g/mol. The van der Waals surface area contributed by atoms with Crippen LogP contribution in [0.2, 0.25) is 0 Å². The summed E-state index contributed by atoms with van der Waals surface area (Å²) in [5, 5.41) is 2.75. The third-order valence-electron chi connectivity index (χ3n) is 4.99. The molecule has 1 fully saturated rings. The molecule has 1 heterocycles. The molecule has 5 heteroatoms. The van der Waals surface area contributed by atoms with Gasteiger partial charge < -0.3 is 14.6 Å². The second-order valence-electron chi connectivity index (χ2n) is 6.84. The standard InChI is InChI=1S/C20H24N2O3/c1-14-5-11-17(12-6-14)22(2)20(24)15-7-9-16(10-8-15)21-19(23)18-4-3-13-25-18/h3-4,7-10,13-14,17H,5-6,11-12H2,1-2H3,(H,21,23). The van der Waals surface area contributed by atoms with Crippen molar-refractivity contribution in [2.24, 2.45) is 5.92 Å². The van der Waals surface area contributed by atoms with Gasteiger partial charge in [-0.25, -0.2) is 0 Å². The highest BCUT2D eigenvalue weighted by atomic mass is 16.3. The highest BCUT2D eigenvalue weighted by molar-refractivity contribution is 6.02. The Morgan fingerprint density at radius 2 is 1.76 bits per heavy atom. The Morgan fingerprint density at radius 3 is 2.36 bits per heavy atom. The molecule has 2 aromatic rings. The van der Waals surface area contributed by atoms with Crippen LogP contribution in [0.15, 0.2) is 47.1 Å². The van der Waals surface area contributed by atoms with Crippen LogP contribution >= 0.6 is 0 Å². The van der Waals surface area contributed by atoms with E-state index in [-0.39, 0.29) is 17.6 Å². The van der Waals surface area contributed by atoms with E-state index in [1.165, 1.54) is 19.1 Å². The highest BCUT2D eigenvalue weighted by Crippen LogP contribution is 2.27. The lowest BCUT2D eigenvalue weighted by Crippen LogP contribution is -2.39. The Balaban J connectivity index is 1.61. The zero-order valence-corrected chi connectivity index (χ0v) is 14.7. The predicted molar refractivity (Wildman–Crippen MR) is 96.6 cm³/mol. The first-order valence-corrected chi connectivity index (χ1v) is 8.76. The van der Waals surface area contributed by atoms with Gasteiger partial charge in [-0.1, -0.05) is 6.92 Å². The van der Waals surface area contributed by atoms with E-state index in [1.54, 1.807) is 36.4 Å². The van der Waals surface area contributed by atoms with Crippen LogP contribution in [-0.4, -0.2) is 29.8 Å². The van der Waals surface area contributed by atoms with Crippen LogP contribution in [0.5, 0.6) is 0 Å². The van der Waals surface area contributed by atoms with Gasteiger partial charge in [0.25, 0.3) is 11.8 Å². The molecule has 0 unspecified atom stereocenters. The molecule has 2 amide bonds. The van der Waals surface area contributed by atoms with Gasteiger partial charge in [0, 0.05) is 24.3 Å². The van der Waals surface area contributed by atoms with Crippen molar-refractivity contribution in [3.8, 4) is 0 Å². The molecule has 132 valence electrons. The quantitative estimate of drug-likeness (QED) is 0.908. The van der Waals surface area contributed by atoms with Gasteiger partial charge in [-0.2, -0.15) is 0 Å². The van der Waals surface area contributed by atoms with Crippen LogP contribution in [0, 0.1) is 5.92 Å². The molecule has 0 aliphatic heterocycles. The number of amides is 2. The zero-order valence-electron chi connectivity index (χ0n) is 14.7. The maximum atomic E-state index is 12.7. The van der Waals surface area contributed by atoms with Gasteiger partial charge >= 0.3 is 0 Å². The Kier molecular flexibility index (Phi) is 5.22. The molecule has 0 spiro atoms. The van der Waals surface area contributed by atoms with Crippen molar-refractivity contribution < 1.29 is 14.0 Å². The van der Waals surface area contributed by atoms with Crippen LogP contribution in [0.1, 0.15) is 53.5 Å². The van der Waals surface area contributed by atoms with Crippen molar-refractivity contribution in [2.45, 2.75) is 38.6 Å². The maximum Gasteiger partial charge on any atom is 0.291 e. The van der Waals surface area contributed by atoms with Crippen molar-refractivity contribution in [1.82, 2.24) is 4.90 Å². The van der Waals surface area contributed by atoms with Gasteiger partial charge in [-0.05, 0) is 68.0 Å². The van der Waals surface area contributed by atoms with Gasteiger partial charge in [0.1, 0.15) is 0 Å². The van der Waals surface area contributed by atoms with Gasteiger partial charge in [0.15, 0.2) is 5.76 Å². The molecule has 0 atom stereocenters. The zero-order chi connectivity index (χ0) is 17.8. The molecule has 1 saturated carbocycles. The summed E-state index contributed by atoms with van der Waals surface area (Å²) >= 11 is 0. The Labute approximate surface area is 148 Å². The van der Waals surface area contributed by atoms with E-state index in [1.807, 2.05) is 11.9 Å². The number of rotatable bonds is 4. The van der Waals surface area contributed by atoms with E-state index in [0.29, 0.717) is 17.3 Å². The SMILES string of the molecule is CC1CCC(N(C)C(=O)c2ccc(NC(=O)c3ccco3)cc2)CC1. The first kappa shape index (κ1) is 17.3. The maximum absolute atomic E-state index is 12.7. The smallest absolute Gasteiger partial charge is 0.291 e. The number of anilines is 1. The summed E-state index contributed by atoms with van der Waals surface area (Å²) in [6.45, 7) is 2.27. The number of carbonyl (C=O) groups is 2. The van der Waals surface area contributed by atoms with Crippen molar-refractivity contribution >= 4 is 17.5 Å². The van der Waals surface area contributed by atoms with E-state index in [2.05, 4.69) is 12.2 Å². The topological polar surface area (TPSA) is 62.6 Å². The van der Waals surface area contributed by atoms with Crippen LogP contribution in [0.3, 0.4) is 0 Å². The molecule has 5 nitrogen and oxygen atoms in total. The molecule has 1 aromatic heterocycles. The molecule has 1 aromatic carbocycles. The van der Waals surface area contributed by atoms with Crippen LogP contribution in [-0.2, 0) is 0 Å². The summed E-state index contributed by atoms with van der Waals surface area (Å²) in [7, 11) is 1.88. The van der Waals surface area contributed by atoms with E-state index < -0.39 is 0 Å². The lowest BCUT2D eigenvalue weighted by molar-refractivity contribution is 0.0679. The minimum Gasteiger partial charge on any atom is -0.459 e. The predicted octanol–water partition coefficient (Wildman–Crippen LogP) is 4.18. The van der Waals surface area contributed by atoms with Crippen molar-refractivity contribution in [1.29, 1.82) is 0 Å². The summed E-state index contributed by atoms with van der Waals surface area (Å²) < 4.78 is 5.06. The molecule has 25 heavy (non-hydrogen) atoms. The van der Waals surface area contributed by atoms with Gasteiger partial charge in [-0.3, -0.25) is 9.59 Å². The average molecular weight is 340 g/mol. The van der Waals surface area contributed by atoms with E-state index >= 15 is 0 Å². The van der Waals surface area contributed by atoms with Gasteiger partial charge in [0.05, 0.1) is 6.26 Å².